The summed E-state index contributed by atoms with van der Waals surface area (Å²) < 4.78 is 21.1. The molecule has 0 N–H and O–H groups in total. The molecule has 10 nitrogen and oxygen atoms in total. The molecule has 0 atom stereocenters. The van der Waals surface area contributed by atoms with E-state index in [0.29, 0.717) is 23.0 Å². The molecule has 0 saturated heterocycles. The van der Waals surface area contributed by atoms with Gasteiger partial charge in [0.05, 0.1) is 0 Å². The van der Waals surface area contributed by atoms with E-state index < -0.39 is 23.9 Å². The number of esters is 4. The summed E-state index contributed by atoms with van der Waals surface area (Å²) in [5.41, 5.74) is 9.54. The van der Waals surface area contributed by atoms with Crippen LogP contribution in [0.15, 0.2) is 220 Å². The van der Waals surface area contributed by atoms with Crippen LogP contribution in [0.25, 0.3) is 12.2 Å². The zero-order valence-electron chi connectivity index (χ0n) is 37.0. The summed E-state index contributed by atoms with van der Waals surface area (Å²) in [7, 11) is 0. The molecule has 0 bridgehead atoms. The normalized spacial score (nSPS) is 10.6. The molecule has 0 aromatic heterocycles. The van der Waals surface area contributed by atoms with Crippen LogP contribution in [0.1, 0.15) is 22.3 Å². The summed E-state index contributed by atoms with van der Waals surface area (Å²) in [5, 5.41) is 0. The zero-order valence-corrected chi connectivity index (χ0v) is 37.0. The van der Waals surface area contributed by atoms with Crippen molar-refractivity contribution in [2.45, 2.75) is 12.8 Å². The highest BCUT2D eigenvalue weighted by Gasteiger charge is 2.16. The van der Waals surface area contributed by atoms with E-state index in [1.807, 2.05) is 77.7 Å². The van der Waals surface area contributed by atoms with Crippen molar-refractivity contribution in [2.75, 3.05) is 9.80 Å². The van der Waals surface area contributed by atoms with E-state index in [1.54, 1.807) is 48.5 Å². The van der Waals surface area contributed by atoms with Crippen molar-refractivity contribution in [3.63, 3.8) is 0 Å². The number of hydrogen-bond acceptors (Lipinski definition) is 10. The van der Waals surface area contributed by atoms with E-state index in [9.17, 15) is 19.2 Å². The topological polar surface area (TPSA) is 112 Å². The molecule has 7 aromatic carbocycles. The first-order valence-electron chi connectivity index (χ1n) is 21.4. The van der Waals surface area contributed by atoms with Crippen LogP contribution >= 0.6 is 0 Å². The molecule has 10 heteroatoms. The third-order valence-corrected chi connectivity index (χ3v) is 10.4. The van der Waals surface area contributed by atoms with Crippen LogP contribution in [0.4, 0.5) is 34.1 Å². The number of benzene rings is 7. The summed E-state index contributed by atoms with van der Waals surface area (Å²) in [5.74, 6) is -0.594. The number of carbonyl (C=O) groups is 4. The third kappa shape index (κ3) is 12.5. The maximum Gasteiger partial charge on any atom is 0.335 e. The van der Waals surface area contributed by atoms with Gasteiger partial charge in [-0.25, -0.2) is 19.2 Å². The standard InChI is InChI=1S/C58H46N2O8/c1-5-55(61)65-51-33-25-47(26-34-51)59(48-27-35-52(36-28-48)66-56(62)6-2)45-21-17-43(18-22-45)15-13-41-9-11-42(12-10-41)14-16-44-19-23-46(24-20-44)60(49-29-37-53(38-30-49)67-57(63)7-3)50-31-39-54(40-32-50)68-58(64)8-4/h5-13,15,17-40H,1-4,14,16H2. The minimum atomic E-state index is -0.544. The van der Waals surface area contributed by atoms with Crippen molar-refractivity contribution < 1.29 is 38.1 Å². The van der Waals surface area contributed by atoms with Crippen molar-refractivity contribution >= 4 is 70.2 Å². The largest absolute Gasteiger partial charge is 0.423 e. The van der Waals surface area contributed by atoms with Gasteiger partial charge in [0, 0.05) is 58.4 Å². The lowest BCUT2D eigenvalue weighted by Crippen LogP contribution is -2.10. The maximum atomic E-state index is 11.8. The molecule has 7 rings (SSSR count). The highest BCUT2D eigenvalue weighted by Crippen LogP contribution is 2.38. The van der Waals surface area contributed by atoms with Gasteiger partial charge in [-0.1, -0.05) is 87.0 Å². The van der Waals surface area contributed by atoms with Crippen LogP contribution < -0.4 is 28.7 Å². The van der Waals surface area contributed by atoms with E-state index in [-0.39, 0.29) is 0 Å². The highest BCUT2D eigenvalue weighted by atomic mass is 16.5. The Bertz CT molecular complexity index is 2810. The molecule has 7 aromatic rings. The Kier molecular flexibility index (Phi) is 15.5. The van der Waals surface area contributed by atoms with Gasteiger partial charge in [-0.3, -0.25) is 0 Å². The molecule has 0 unspecified atom stereocenters. The summed E-state index contributed by atoms with van der Waals surface area (Å²) in [4.78, 5) is 51.2. The van der Waals surface area contributed by atoms with Crippen LogP contribution in [-0.4, -0.2) is 23.9 Å². The average molecular weight is 899 g/mol. The summed E-state index contributed by atoms with van der Waals surface area (Å²) in [6.07, 6.45) is 10.3. The lowest BCUT2D eigenvalue weighted by atomic mass is 10.0. The Morgan fingerprint density at radius 3 is 0.779 bits per heavy atom. The predicted octanol–water partition coefficient (Wildman–Crippen LogP) is 12.9. The van der Waals surface area contributed by atoms with Gasteiger partial charge < -0.3 is 28.7 Å². The molecule has 336 valence electrons. The molecule has 68 heavy (non-hydrogen) atoms. The second kappa shape index (κ2) is 22.6. The Labute approximate surface area is 395 Å². The number of ether oxygens (including phenoxy) is 4. The molecule has 0 aliphatic rings. The fourth-order valence-electron chi connectivity index (χ4n) is 7.00. The first-order chi connectivity index (χ1) is 33.1. The van der Waals surface area contributed by atoms with Crippen molar-refractivity contribution in [1.29, 1.82) is 0 Å². The van der Waals surface area contributed by atoms with Gasteiger partial charge in [0.25, 0.3) is 0 Å². The number of nitrogens with zero attached hydrogens (tertiary/aromatic N) is 2. The maximum absolute atomic E-state index is 11.8. The monoisotopic (exact) mass is 898 g/mol. The smallest absolute Gasteiger partial charge is 0.335 e. The Balaban J connectivity index is 1.01. The summed E-state index contributed by atoms with van der Waals surface area (Å²) in [6, 6.07) is 53.6. The highest BCUT2D eigenvalue weighted by molar-refractivity contribution is 5.86. The van der Waals surface area contributed by atoms with Crippen molar-refractivity contribution in [2.24, 2.45) is 0 Å². The molecule has 0 saturated carbocycles. The molecule has 0 fully saturated rings. The SMILES string of the molecule is C=CC(=O)Oc1ccc(N(c2ccc(C=Cc3ccc(CCc4ccc(N(c5ccc(OC(=O)C=C)cc5)c5ccc(OC(=O)C=C)cc5)cc4)cc3)cc2)c2ccc(OC(=O)C=C)cc2)cc1. The Morgan fingerprint density at radius 1 is 0.324 bits per heavy atom. The van der Waals surface area contributed by atoms with E-state index >= 15 is 0 Å². The zero-order chi connectivity index (χ0) is 47.8. The van der Waals surface area contributed by atoms with Crippen molar-refractivity contribution in [3.8, 4) is 23.0 Å². The fourth-order valence-corrected chi connectivity index (χ4v) is 7.00. The van der Waals surface area contributed by atoms with Gasteiger partial charge in [0.2, 0.25) is 0 Å². The van der Waals surface area contributed by atoms with Crippen LogP contribution in [-0.2, 0) is 32.0 Å². The Hall–Kier alpha value is -9.28. The van der Waals surface area contributed by atoms with Gasteiger partial charge in [-0.15, -0.1) is 0 Å². The second-order valence-electron chi connectivity index (χ2n) is 15.0. The van der Waals surface area contributed by atoms with E-state index in [4.69, 9.17) is 18.9 Å². The van der Waals surface area contributed by atoms with Gasteiger partial charge in [0.1, 0.15) is 23.0 Å². The molecule has 0 aliphatic heterocycles. The quantitative estimate of drug-likeness (QED) is 0.0337. The van der Waals surface area contributed by atoms with Crippen LogP contribution in [0.3, 0.4) is 0 Å². The van der Waals surface area contributed by atoms with Crippen molar-refractivity contribution in [3.05, 3.63) is 243 Å². The molecular weight excluding hydrogens is 853 g/mol. The lowest BCUT2D eigenvalue weighted by molar-refractivity contribution is -0.129. The van der Waals surface area contributed by atoms with Gasteiger partial charge in [-0.05, 0) is 156 Å². The minimum absolute atomic E-state index is 0.391. The van der Waals surface area contributed by atoms with Crippen molar-refractivity contribution in [1.82, 2.24) is 0 Å². The molecular formula is C58H46N2O8. The number of rotatable bonds is 19. The number of carbonyl (C=O) groups excluding carboxylic acids is 4. The first-order valence-corrected chi connectivity index (χ1v) is 21.4. The number of anilines is 6. The third-order valence-electron chi connectivity index (χ3n) is 10.4. The molecule has 0 heterocycles. The van der Waals surface area contributed by atoms with Gasteiger partial charge >= 0.3 is 23.9 Å². The fraction of sp³-hybridized carbons (Fsp3) is 0.0345. The minimum Gasteiger partial charge on any atom is -0.423 e. The molecule has 0 radical (unpaired) electrons. The van der Waals surface area contributed by atoms with Gasteiger partial charge in [0.15, 0.2) is 0 Å². The van der Waals surface area contributed by atoms with Gasteiger partial charge in [-0.2, -0.15) is 0 Å². The van der Waals surface area contributed by atoms with E-state index in [0.717, 1.165) is 82.4 Å². The lowest BCUT2D eigenvalue weighted by Gasteiger charge is -2.26. The molecule has 0 aliphatic carbocycles. The molecule has 0 amide bonds. The Morgan fingerprint density at radius 2 is 0.529 bits per heavy atom. The average Bonchev–Trinajstić information content (AvgIpc) is 3.38. The number of aryl methyl sites for hydroxylation is 2. The van der Waals surface area contributed by atoms with E-state index in [1.165, 1.54) is 11.1 Å². The predicted molar refractivity (Wildman–Crippen MR) is 268 cm³/mol. The second-order valence-corrected chi connectivity index (χ2v) is 15.0. The van der Waals surface area contributed by atoms with Crippen LogP contribution in [0, 0.1) is 0 Å². The van der Waals surface area contributed by atoms with E-state index in [2.05, 4.69) is 91.9 Å². The summed E-state index contributed by atoms with van der Waals surface area (Å²) in [6.45, 7) is 13.8. The first kappa shape index (κ1) is 46.7. The number of hydrogen-bond donors (Lipinski definition) is 0. The summed E-state index contributed by atoms with van der Waals surface area (Å²) >= 11 is 0. The van der Waals surface area contributed by atoms with Crippen LogP contribution in [0.5, 0.6) is 23.0 Å². The molecule has 0 spiro atoms. The van der Waals surface area contributed by atoms with Crippen LogP contribution in [0.2, 0.25) is 0 Å².